The first-order chi connectivity index (χ1) is 24.1. The van der Waals surface area contributed by atoms with Gasteiger partial charge < -0.3 is 9.47 Å². The molecule has 8 rings (SSSR count). The van der Waals surface area contributed by atoms with Crippen LogP contribution in [0, 0.1) is 26.0 Å². The van der Waals surface area contributed by atoms with Crippen LogP contribution in [0.4, 0.5) is 17.1 Å². The molecule has 0 saturated heterocycles. The number of rotatable bonds is 6. The number of hydrogen-bond acceptors (Lipinski definition) is 2. The fraction of sp³-hybridized carbons (Fsp3) is 0.200. The van der Waals surface area contributed by atoms with E-state index >= 15 is 0 Å². The molecule has 0 saturated carbocycles. The van der Waals surface area contributed by atoms with E-state index in [1.54, 1.807) is 0 Å². The Kier molecular flexibility index (Phi) is 8.97. The number of pyridine rings is 1. The van der Waals surface area contributed by atoms with Crippen LogP contribution in [0.2, 0.25) is 0 Å². The molecule has 5 aromatic carbocycles. The van der Waals surface area contributed by atoms with Crippen LogP contribution < -0.4 is 4.90 Å². The van der Waals surface area contributed by atoms with Gasteiger partial charge in [-0.25, -0.2) is 14.1 Å². The van der Waals surface area contributed by atoms with Crippen molar-refractivity contribution < 1.29 is 21.1 Å². The molecule has 3 aromatic heterocycles. The van der Waals surface area contributed by atoms with Crippen molar-refractivity contribution in [1.82, 2.24) is 18.7 Å². The summed E-state index contributed by atoms with van der Waals surface area (Å²) in [5.74, 6) is 0.891. The molecular formula is C45H42N5Pt-. The van der Waals surface area contributed by atoms with Crippen molar-refractivity contribution in [3.05, 3.63) is 151 Å². The third-order valence-corrected chi connectivity index (χ3v) is 9.79. The van der Waals surface area contributed by atoms with Crippen molar-refractivity contribution in [3.8, 4) is 11.5 Å². The molecule has 51 heavy (non-hydrogen) atoms. The largest absolute Gasteiger partial charge is 0.357 e. The van der Waals surface area contributed by atoms with Gasteiger partial charge in [-0.2, -0.15) is 12.1 Å². The molecule has 0 aliphatic heterocycles. The second-order valence-electron chi connectivity index (χ2n) is 14.6. The maximum atomic E-state index is 4.92. The van der Waals surface area contributed by atoms with Crippen molar-refractivity contribution in [2.24, 2.45) is 0 Å². The van der Waals surface area contributed by atoms with E-state index < -0.39 is 0 Å². The zero-order valence-electron chi connectivity index (χ0n) is 30.2. The number of anilines is 3. The Morgan fingerprint density at radius 2 is 1.37 bits per heavy atom. The van der Waals surface area contributed by atoms with Crippen LogP contribution in [0.5, 0.6) is 0 Å². The van der Waals surface area contributed by atoms with Crippen LogP contribution in [0.15, 0.2) is 122 Å². The molecule has 8 aromatic rings. The maximum absolute atomic E-state index is 4.92. The van der Waals surface area contributed by atoms with Gasteiger partial charge in [0.1, 0.15) is 5.82 Å². The molecule has 0 aliphatic carbocycles. The number of aromatic nitrogens is 4. The summed E-state index contributed by atoms with van der Waals surface area (Å²) < 4.78 is 6.84. The van der Waals surface area contributed by atoms with Gasteiger partial charge in [0.15, 0.2) is 17.4 Å². The zero-order valence-corrected chi connectivity index (χ0v) is 32.4. The number of para-hydroxylation sites is 4. The first-order valence-electron chi connectivity index (χ1n) is 17.4. The summed E-state index contributed by atoms with van der Waals surface area (Å²) in [4.78, 5) is 7.23. The molecule has 6 heteroatoms. The molecule has 0 N–H and O–H groups in total. The van der Waals surface area contributed by atoms with E-state index in [0.717, 1.165) is 50.5 Å². The molecule has 0 atom stereocenters. The molecule has 0 unspecified atom stereocenters. The van der Waals surface area contributed by atoms with E-state index in [1.807, 2.05) is 6.20 Å². The topological polar surface area (TPSA) is 30.9 Å². The van der Waals surface area contributed by atoms with Crippen molar-refractivity contribution in [1.29, 1.82) is 0 Å². The summed E-state index contributed by atoms with van der Waals surface area (Å²) in [6.07, 6.45) is 4.13. The molecule has 0 amide bonds. The van der Waals surface area contributed by atoms with Crippen molar-refractivity contribution in [3.63, 3.8) is 0 Å². The molecule has 0 spiro atoms. The Bertz CT molecular complexity index is 2530. The normalized spacial score (nSPS) is 11.8. The van der Waals surface area contributed by atoms with Crippen molar-refractivity contribution in [2.45, 2.75) is 59.9 Å². The van der Waals surface area contributed by atoms with Crippen LogP contribution in [0.3, 0.4) is 0 Å². The number of imidazole rings is 1. The summed E-state index contributed by atoms with van der Waals surface area (Å²) in [6.45, 7) is 15.5. The summed E-state index contributed by atoms with van der Waals surface area (Å²) in [6, 6.07) is 46.9. The second-order valence-corrected chi connectivity index (χ2v) is 14.6. The summed E-state index contributed by atoms with van der Waals surface area (Å²) in [7, 11) is 0. The van der Waals surface area contributed by atoms with Crippen molar-refractivity contribution >= 4 is 49.9 Å². The van der Waals surface area contributed by atoms with Gasteiger partial charge in [0.2, 0.25) is 0 Å². The average molecular weight is 848 g/mol. The Balaban J connectivity index is 0.00000406. The summed E-state index contributed by atoms with van der Waals surface area (Å²) >= 11 is 0. The third-order valence-electron chi connectivity index (χ3n) is 9.79. The fourth-order valence-corrected chi connectivity index (χ4v) is 7.24. The van der Waals surface area contributed by atoms with E-state index in [1.165, 1.54) is 27.6 Å². The van der Waals surface area contributed by atoms with E-state index in [4.69, 9.17) is 4.98 Å². The minimum absolute atomic E-state index is 0. The van der Waals surface area contributed by atoms with Gasteiger partial charge in [-0.1, -0.05) is 80.1 Å². The average Bonchev–Trinajstić information content (AvgIpc) is 3.66. The van der Waals surface area contributed by atoms with E-state index in [2.05, 4.69) is 195 Å². The van der Waals surface area contributed by atoms with Crippen molar-refractivity contribution in [2.75, 3.05) is 4.90 Å². The number of hydrogen-bond donors (Lipinski definition) is 0. The third kappa shape index (κ3) is 5.98. The Labute approximate surface area is 315 Å². The van der Waals surface area contributed by atoms with Crippen LogP contribution in [0.1, 0.15) is 57.4 Å². The van der Waals surface area contributed by atoms with Crippen LogP contribution in [-0.4, -0.2) is 18.7 Å². The summed E-state index contributed by atoms with van der Waals surface area (Å²) in [5, 5.41) is 2.32. The standard InChI is InChI=1S/C45H42N5.Pt/c1-30(2)47-29-48(41-21-11-10-20-40(41)47)34-16-13-17-35(27-34)49(44-31(3)14-12-15-32(44)4)36-22-23-38-37-18-8-9-19-39(37)50(42(38)28-36)43-26-33(24-25-46-43)45(5,6)7;/h8-26,29-30H,1-7H3;/q-1;. The van der Waals surface area contributed by atoms with Gasteiger partial charge in [0, 0.05) is 56.3 Å². The Hall–Kier alpha value is -4.99. The molecule has 0 fully saturated rings. The van der Waals surface area contributed by atoms with Gasteiger partial charge in [0.25, 0.3) is 0 Å². The smallest absolute Gasteiger partial charge is 0.188 e. The van der Waals surface area contributed by atoms with E-state index in [0.29, 0.717) is 6.04 Å². The van der Waals surface area contributed by atoms with Gasteiger partial charge in [-0.15, -0.1) is 29.7 Å². The molecule has 0 bridgehead atoms. The van der Waals surface area contributed by atoms with Crippen LogP contribution in [-0.2, 0) is 26.5 Å². The van der Waals surface area contributed by atoms with Crippen LogP contribution >= 0.6 is 0 Å². The van der Waals surface area contributed by atoms with E-state index in [-0.39, 0.29) is 26.5 Å². The molecule has 0 radical (unpaired) electrons. The molecule has 3 heterocycles. The summed E-state index contributed by atoms with van der Waals surface area (Å²) in [5.41, 5.74) is 12.0. The Morgan fingerprint density at radius 1 is 0.706 bits per heavy atom. The SMILES string of the molecule is Cc1cccc(C)c1N(c1[c-]c(-n2[cH+]n(C(C)C)c3ccccc32)ccc1)c1[c-]c2c(cc1)c1ccccc1n2-c1cc(C(C)(C)C)ccn1.[Pt]. The predicted octanol–water partition coefficient (Wildman–Crippen LogP) is 11.8. The van der Waals surface area contributed by atoms with Gasteiger partial charge in [-0.3, -0.25) is 0 Å². The van der Waals surface area contributed by atoms with E-state index in [9.17, 15) is 0 Å². The maximum Gasteiger partial charge on any atom is 0.188 e. The monoisotopic (exact) mass is 847 g/mol. The number of nitrogens with zero attached hydrogens (tertiary/aromatic N) is 5. The quantitative estimate of drug-likeness (QED) is 0.156. The van der Waals surface area contributed by atoms with Gasteiger partial charge >= 0.3 is 0 Å². The van der Waals surface area contributed by atoms with Crippen LogP contribution in [0.25, 0.3) is 44.3 Å². The van der Waals surface area contributed by atoms with Gasteiger partial charge in [0.05, 0.1) is 6.04 Å². The number of benzene rings is 5. The fourth-order valence-electron chi connectivity index (χ4n) is 7.24. The predicted molar refractivity (Wildman–Crippen MR) is 209 cm³/mol. The minimum atomic E-state index is -0.00911. The first kappa shape index (κ1) is 34.5. The number of fused-ring (bicyclic) bond motifs is 4. The molecular weight excluding hydrogens is 806 g/mol. The Morgan fingerprint density at radius 3 is 2.10 bits per heavy atom. The zero-order chi connectivity index (χ0) is 34.7. The molecule has 5 nitrogen and oxygen atoms in total. The first-order valence-corrected chi connectivity index (χ1v) is 17.4. The van der Waals surface area contributed by atoms with Gasteiger partial charge in [-0.05, 0) is 85.5 Å². The molecule has 0 aliphatic rings. The molecule has 258 valence electrons. The second kappa shape index (κ2) is 13.3. The number of aryl methyl sites for hydroxylation is 2. The minimum Gasteiger partial charge on any atom is -0.357 e.